The maximum Gasteiger partial charge on any atom is 0.181 e. The van der Waals surface area contributed by atoms with Crippen molar-refractivity contribution in [3.63, 3.8) is 0 Å². The van der Waals surface area contributed by atoms with Crippen molar-refractivity contribution in [2.45, 2.75) is 0 Å². The predicted molar refractivity (Wildman–Crippen MR) is 94.9 cm³/mol. The molecule has 2 aromatic carbocycles. The second kappa shape index (κ2) is 6.34. The van der Waals surface area contributed by atoms with E-state index in [0.29, 0.717) is 0 Å². The average Bonchev–Trinajstić information content (AvgIpc) is 3.17. The van der Waals surface area contributed by atoms with Crippen molar-refractivity contribution in [2.24, 2.45) is 5.10 Å². The zero-order valence-corrected chi connectivity index (χ0v) is 12.8. The van der Waals surface area contributed by atoms with Crippen molar-refractivity contribution in [1.82, 2.24) is 9.97 Å². The van der Waals surface area contributed by atoms with Crippen LogP contribution in [0.15, 0.2) is 82.9 Å². The summed E-state index contributed by atoms with van der Waals surface area (Å²) in [5.41, 5.74) is 6.88. The highest BCUT2D eigenvalue weighted by Gasteiger charge is 2.01. The SMILES string of the molecule is C(=N\Nc1ccc(-c2cnco2)cc1)/c1ccnc2ccccc12. The van der Waals surface area contributed by atoms with Crippen LogP contribution in [0.3, 0.4) is 0 Å². The molecule has 0 amide bonds. The lowest BCUT2D eigenvalue weighted by molar-refractivity contribution is 0.572. The van der Waals surface area contributed by atoms with Crippen LogP contribution in [-0.2, 0) is 0 Å². The molecule has 24 heavy (non-hydrogen) atoms. The van der Waals surface area contributed by atoms with E-state index < -0.39 is 0 Å². The molecule has 1 N–H and O–H groups in total. The van der Waals surface area contributed by atoms with Gasteiger partial charge in [0.15, 0.2) is 12.2 Å². The van der Waals surface area contributed by atoms with Crippen molar-refractivity contribution in [3.05, 3.63) is 78.9 Å². The molecule has 0 saturated heterocycles. The summed E-state index contributed by atoms with van der Waals surface area (Å²) >= 11 is 0. The molecule has 5 nitrogen and oxygen atoms in total. The van der Waals surface area contributed by atoms with Gasteiger partial charge in [-0.1, -0.05) is 18.2 Å². The lowest BCUT2D eigenvalue weighted by Gasteiger charge is -2.03. The fourth-order valence-corrected chi connectivity index (χ4v) is 2.47. The molecule has 0 unspecified atom stereocenters. The topological polar surface area (TPSA) is 63.3 Å². The normalized spacial score (nSPS) is 11.2. The number of oxazole rings is 1. The average molecular weight is 314 g/mol. The second-order valence-electron chi connectivity index (χ2n) is 5.23. The van der Waals surface area contributed by atoms with Crippen LogP contribution in [0, 0.1) is 0 Å². The number of para-hydroxylation sites is 1. The van der Waals surface area contributed by atoms with E-state index in [1.165, 1.54) is 6.39 Å². The van der Waals surface area contributed by atoms with Gasteiger partial charge in [-0.3, -0.25) is 10.4 Å². The molecule has 0 spiro atoms. The van der Waals surface area contributed by atoms with E-state index >= 15 is 0 Å². The molecule has 0 aliphatic rings. The van der Waals surface area contributed by atoms with Gasteiger partial charge in [-0.05, 0) is 36.4 Å². The summed E-state index contributed by atoms with van der Waals surface area (Å²) < 4.78 is 5.27. The summed E-state index contributed by atoms with van der Waals surface area (Å²) in [6.45, 7) is 0. The summed E-state index contributed by atoms with van der Waals surface area (Å²) in [6.07, 6.45) is 6.70. The quantitative estimate of drug-likeness (QED) is 0.449. The van der Waals surface area contributed by atoms with Crippen molar-refractivity contribution in [1.29, 1.82) is 0 Å². The number of hydrogen-bond acceptors (Lipinski definition) is 5. The fourth-order valence-electron chi connectivity index (χ4n) is 2.47. The Hall–Kier alpha value is -3.47. The molecular formula is C19H14N4O. The lowest BCUT2D eigenvalue weighted by atomic mass is 10.1. The molecule has 2 aromatic heterocycles. The van der Waals surface area contributed by atoms with Crippen LogP contribution in [-0.4, -0.2) is 16.2 Å². The van der Waals surface area contributed by atoms with Crippen molar-refractivity contribution >= 4 is 22.8 Å². The first-order chi connectivity index (χ1) is 11.9. The number of benzene rings is 2. The molecule has 0 aliphatic carbocycles. The van der Waals surface area contributed by atoms with Crippen molar-refractivity contribution < 1.29 is 4.42 Å². The predicted octanol–water partition coefficient (Wildman–Crippen LogP) is 4.34. The summed E-state index contributed by atoms with van der Waals surface area (Å²) in [5.74, 6) is 0.744. The van der Waals surface area contributed by atoms with Crippen LogP contribution < -0.4 is 5.43 Å². The first-order valence-electron chi connectivity index (χ1n) is 7.52. The van der Waals surface area contributed by atoms with Crippen molar-refractivity contribution in [2.75, 3.05) is 5.43 Å². The highest BCUT2D eigenvalue weighted by Crippen LogP contribution is 2.20. The second-order valence-corrected chi connectivity index (χ2v) is 5.23. The van der Waals surface area contributed by atoms with Gasteiger partial charge in [0.1, 0.15) is 0 Å². The molecule has 0 radical (unpaired) electrons. The Kier molecular flexibility index (Phi) is 3.73. The summed E-state index contributed by atoms with van der Waals surface area (Å²) in [7, 11) is 0. The van der Waals surface area contributed by atoms with E-state index in [0.717, 1.165) is 33.5 Å². The molecule has 116 valence electrons. The van der Waals surface area contributed by atoms with Crippen LogP contribution in [0.4, 0.5) is 5.69 Å². The molecule has 0 bridgehead atoms. The fraction of sp³-hybridized carbons (Fsp3) is 0. The number of fused-ring (bicyclic) bond motifs is 1. The Bertz CT molecular complexity index is 971. The Balaban J connectivity index is 1.51. The third-order valence-corrected chi connectivity index (χ3v) is 3.68. The highest BCUT2D eigenvalue weighted by molar-refractivity contribution is 5.98. The standard InChI is InChI=1S/C19H14N4O/c1-2-4-18-17(3-1)15(9-10-21-18)11-22-23-16-7-5-14(6-8-16)19-12-20-13-24-19/h1-13,23H/b22-11+. The van der Waals surface area contributed by atoms with Gasteiger partial charge < -0.3 is 4.42 Å². The van der Waals surface area contributed by atoms with E-state index in [4.69, 9.17) is 4.42 Å². The molecule has 5 heteroatoms. The Morgan fingerprint density at radius 1 is 1.00 bits per heavy atom. The number of hydrogen-bond donors (Lipinski definition) is 1. The van der Waals surface area contributed by atoms with Crippen LogP contribution in [0.5, 0.6) is 0 Å². The van der Waals surface area contributed by atoms with Gasteiger partial charge in [0.25, 0.3) is 0 Å². The van der Waals surface area contributed by atoms with Crippen LogP contribution in [0.1, 0.15) is 5.56 Å². The summed E-state index contributed by atoms with van der Waals surface area (Å²) in [5, 5.41) is 5.39. The molecule has 0 saturated carbocycles. The minimum Gasteiger partial charge on any atom is -0.444 e. The number of anilines is 1. The zero-order chi connectivity index (χ0) is 16.2. The molecule has 0 atom stereocenters. The van der Waals surface area contributed by atoms with E-state index in [9.17, 15) is 0 Å². The van der Waals surface area contributed by atoms with E-state index in [1.807, 2.05) is 54.6 Å². The van der Waals surface area contributed by atoms with Gasteiger partial charge in [0.2, 0.25) is 0 Å². The van der Waals surface area contributed by atoms with Gasteiger partial charge in [0, 0.05) is 22.7 Å². The maximum atomic E-state index is 5.27. The minimum absolute atomic E-state index is 0.744. The van der Waals surface area contributed by atoms with Gasteiger partial charge in [-0.25, -0.2) is 4.98 Å². The number of rotatable bonds is 4. The third kappa shape index (κ3) is 2.87. The highest BCUT2D eigenvalue weighted by atomic mass is 16.3. The molecule has 4 aromatic rings. The van der Waals surface area contributed by atoms with E-state index in [2.05, 4.69) is 20.5 Å². The molecule has 2 heterocycles. The maximum absolute atomic E-state index is 5.27. The number of hydrazone groups is 1. The molecular weight excluding hydrogens is 300 g/mol. The van der Waals surface area contributed by atoms with Gasteiger partial charge in [-0.2, -0.15) is 5.10 Å². The van der Waals surface area contributed by atoms with Crippen LogP contribution in [0.25, 0.3) is 22.2 Å². The van der Waals surface area contributed by atoms with Gasteiger partial charge >= 0.3 is 0 Å². The summed E-state index contributed by atoms with van der Waals surface area (Å²) in [6, 6.07) is 17.8. The van der Waals surface area contributed by atoms with E-state index in [-0.39, 0.29) is 0 Å². The van der Waals surface area contributed by atoms with E-state index in [1.54, 1.807) is 18.6 Å². The van der Waals surface area contributed by atoms with Gasteiger partial charge in [0.05, 0.1) is 23.6 Å². The minimum atomic E-state index is 0.744. The first-order valence-corrected chi connectivity index (χ1v) is 7.52. The first kappa shape index (κ1) is 14.1. The van der Waals surface area contributed by atoms with Gasteiger partial charge in [-0.15, -0.1) is 0 Å². The van der Waals surface area contributed by atoms with Crippen molar-refractivity contribution in [3.8, 4) is 11.3 Å². The zero-order valence-electron chi connectivity index (χ0n) is 12.8. The smallest absolute Gasteiger partial charge is 0.181 e. The summed E-state index contributed by atoms with van der Waals surface area (Å²) in [4.78, 5) is 8.26. The Labute approximate surface area is 138 Å². The third-order valence-electron chi connectivity index (χ3n) is 3.68. The number of aromatic nitrogens is 2. The lowest BCUT2D eigenvalue weighted by Crippen LogP contribution is -1.92. The number of nitrogens with zero attached hydrogens (tertiary/aromatic N) is 3. The largest absolute Gasteiger partial charge is 0.444 e. The number of pyridine rings is 1. The van der Waals surface area contributed by atoms with Crippen LogP contribution >= 0.6 is 0 Å². The molecule has 0 aliphatic heterocycles. The Morgan fingerprint density at radius 2 is 1.88 bits per heavy atom. The Morgan fingerprint density at radius 3 is 2.71 bits per heavy atom. The molecule has 4 rings (SSSR count). The monoisotopic (exact) mass is 314 g/mol. The van der Waals surface area contributed by atoms with Crippen LogP contribution in [0.2, 0.25) is 0 Å². The number of nitrogens with one attached hydrogen (secondary N) is 1. The molecule has 0 fully saturated rings.